The van der Waals surface area contributed by atoms with E-state index >= 15 is 0 Å². The number of thioether (sulfide) groups is 1. The summed E-state index contributed by atoms with van der Waals surface area (Å²) in [6, 6.07) is 16.4. The van der Waals surface area contributed by atoms with Crippen LogP contribution in [-0.2, 0) is 4.79 Å². The average Bonchev–Trinajstić information content (AvgIpc) is 3.17. The van der Waals surface area contributed by atoms with Crippen LogP contribution in [0.1, 0.15) is 5.56 Å². The number of benzene rings is 2. The summed E-state index contributed by atoms with van der Waals surface area (Å²) in [6.45, 7) is 1.97. The van der Waals surface area contributed by atoms with Crippen LogP contribution in [0.15, 0.2) is 69.9 Å². The van der Waals surface area contributed by atoms with Gasteiger partial charge in [0.05, 0.1) is 17.0 Å². The molecule has 4 rings (SSSR count). The smallest absolute Gasteiger partial charge is 0.276 e. The Hall–Kier alpha value is -2.61. The number of carbonyl (C=O) groups excluding carboxylic acids is 1. The number of hydrogen-bond acceptors (Lipinski definition) is 5. The van der Waals surface area contributed by atoms with Crippen LogP contribution in [-0.4, -0.2) is 21.2 Å². The van der Waals surface area contributed by atoms with Crippen molar-refractivity contribution in [3.8, 4) is 5.69 Å². The Balaban J connectivity index is 1.64. The van der Waals surface area contributed by atoms with Gasteiger partial charge in [-0.3, -0.25) is 14.2 Å². The van der Waals surface area contributed by atoms with Gasteiger partial charge in [0.15, 0.2) is 5.16 Å². The summed E-state index contributed by atoms with van der Waals surface area (Å²) in [5.74, 6) is -0.0657. The summed E-state index contributed by atoms with van der Waals surface area (Å²) in [5, 5.41) is 5.76. The van der Waals surface area contributed by atoms with Gasteiger partial charge in [0, 0.05) is 10.7 Å². The molecular formula is C21H16ClN3O2S2. The second kappa shape index (κ2) is 8.41. The Kier molecular flexibility index (Phi) is 5.71. The molecule has 8 heteroatoms. The van der Waals surface area contributed by atoms with Crippen LogP contribution in [0.25, 0.3) is 15.9 Å². The van der Waals surface area contributed by atoms with Crippen molar-refractivity contribution < 1.29 is 4.79 Å². The topological polar surface area (TPSA) is 64.0 Å². The number of anilines is 1. The minimum absolute atomic E-state index is 0.122. The minimum atomic E-state index is -0.187. The van der Waals surface area contributed by atoms with E-state index in [4.69, 9.17) is 11.6 Å². The molecule has 1 amide bonds. The summed E-state index contributed by atoms with van der Waals surface area (Å²) >= 11 is 8.47. The third-order valence-corrected chi connectivity index (χ3v) is 6.25. The molecule has 0 aliphatic rings. The lowest BCUT2D eigenvalue weighted by Crippen LogP contribution is -2.22. The van der Waals surface area contributed by atoms with Gasteiger partial charge in [-0.1, -0.05) is 35.5 Å². The first-order chi connectivity index (χ1) is 14.0. The molecule has 0 atom stereocenters. The molecule has 0 aliphatic carbocycles. The zero-order valence-electron chi connectivity index (χ0n) is 15.4. The predicted molar refractivity (Wildman–Crippen MR) is 121 cm³/mol. The second-order valence-electron chi connectivity index (χ2n) is 6.35. The van der Waals surface area contributed by atoms with Gasteiger partial charge in [0.2, 0.25) is 5.91 Å². The number of halogens is 1. The lowest BCUT2D eigenvalue weighted by molar-refractivity contribution is -0.113. The van der Waals surface area contributed by atoms with Crippen LogP contribution in [0.4, 0.5) is 5.69 Å². The molecule has 0 fully saturated rings. The van der Waals surface area contributed by atoms with Crippen LogP contribution in [0.3, 0.4) is 0 Å². The van der Waals surface area contributed by atoms with Crippen molar-refractivity contribution >= 4 is 56.5 Å². The highest BCUT2D eigenvalue weighted by Gasteiger charge is 2.16. The first-order valence-electron chi connectivity index (χ1n) is 8.77. The van der Waals surface area contributed by atoms with E-state index in [9.17, 15) is 9.59 Å². The largest absolute Gasteiger partial charge is 0.325 e. The average molecular weight is 442 g/mol. The van der Waals surface area contributed by atoms with Crippen molar-refractivity contribution in [3.63, 3.8) is 0 Å². The number of nitrogens with zero attached hydrogens (tertiary/aromatic N) is 2. The Morgan fingerprint density at radius 1 is 1.21 bits per heavy atom. The molecule has 0 spiro atoms. The van der Waals surface area contributed by atoms with E-state index < -0.39 is 0 Å². The summed E-state index contributed by atoms with van der Waals surface area (Å²) < 4.78 is 2.17. The van der Waals surface area contributed by atoms with Gasteiger partial charge >= 0.3 is 0 Å². The van der Waals surface area contributed by atoms with Crippen molar-refractivity contribution in [1.82, 2.24) is 9.55 Å². The summed E-state index contributed by atoms with van der Waals surface area (Å²) in [7, 11) is 0. The molecule has 146 valence electrons. The molecule has 4 aromatic rings. The molecule has 2 aromatic carbocycles. The lowest BCUT2D eigenvalue weighted by atomic mass is 10.2. The SMILES string of the molecule is Cc1cccc(-n2c(SCC(=O)Nc3ccc(Cl)cc3)nc3ccsc3c2=O)c1. The number of nitrogens with one attached hydrogen (secondary N) is 1. The van der Waals surface area contributed by atoms with Gasteiger partial charge in [-0.15, -0.1) is 11.3 Å². The number of thiophene rings is 1. The van der Waals surface area contributed by atoms with E-state index in [1.807, 2.05) is 42.6 Å². The van der Waals surface area contributed by atoms with Gasteiger partial charge in [0.1, 0.15) is 4.70 Å². The zero-order valence-corrected chi connectivity index (χ0v) is 17.8. The molecule has 0 aliphatic heterocycles. The highest BCUT2D eigenvalue weighted by molar-refractivity contribution is 7.99. The quantitative estimate of drug-likeness (QED) is 0.344. The molecular weight excluding hydrogens is 426 g/mol. The lowest BCUT2D eigenvalue weighted by Gasteiger charge is -2.12. The number of amides is 1. The van der Waals surface area contributed by atoms with Crippen molar-refractivity contribution in [2.45, 2.75) is 12.1 Å². The van der Waals surface area contributed by atoms with Crippen LogP contribution < -0.4 is 10.9 Å². The van der Waals surface area contributed by atoms with Crippen molar-refractivity contribution in [2.75, 3.05) is 11.1 Å². The number of carbonyl (C=O) groups is 1. The normalized spacial score (nSPS) is 11.0. The molecule has 0 saturated carbocycles. The third kappa shape index (κ3) is 4.37. The summed E-state index contributed by atoms with van der Waals surface area (Å²) in [5.41, 5.74) is 2.95. The molecule has 0 unspecified atom stereocenters. The third-order valence-electron chi connectivity index (χ3n) is 4.17. The summed E-state index contributed by atoms with van der Waals surface area (Å²) in [4.78, 5) is 30.1. The fraction of sp³-hybridized carbons (Fsp3) is 0.0952. The molecule has 0 radical (unpaired) electrons. The Bertz CT molecular complexity index is 1250. The van der Waals surface area contributed by atoms with E-state index in [0.29, 0.717) is 26.1 Å². The van der Waals surface area contributed by atoms with E-state index in [-0.39, 0.29) is 17.2 Å². The molecule has 5 nitrogen and oxygen atoms in total. The maximum absolute atomic E-state index is 13.1. The number of aromatic nitrogens is 2. The first-order valence-corrected chi connectivity index (χ1v) is 11.0. The van der Waals surface area contributed by atoms with Crippen LogP contribution in [0.2, 0.25) is 5.02 Å². The van der Waals surface area contributed by atoms with Crippen molar-refractivity contribution in [1.29, 1.82) is 0 Å². The first kappa shape index (κ1) is 19.7. The molecule has 29 heavy (non-hydrogen) atoms. The number of aryl methyl sites for hydroxylation is 1. The van der Waals surface area contributed by atoms with Gasteiger partial charge in [-0.25, -0.2) is 4.98 Å². The van der Waals surface area contributed by atoms with E-state index in [1.165, 1.54) is 23.1 Å². The predicted octanol–water partition coefficient (Wildman–Crippen LogP) is 5.14. The maximum atomic E-state index is 13.1. The summed E-state index contributed by atoms with van der Waals surface area (Å²) in [6.07, 6.45) is 0. The van der Waals surface area contributed by atoms with E-state index in [0.717, 1.165) is 11.3 Å². The second-order valence-corrected chi connectivity index (χ2v) is 8.65. The van der Waals surface area contributed by atoms with Crippen molar-refractivity contribution in [2.24, 2.45) is 0 Å². The van der Waals surface area contributed by atoms with E-state index in [1.54, 1.807) is 28.8 Å². The molecule has 2 aromatic heterocycles. The van der Waals surface area contributed by atoms with Crippen molar-refractivity contribution in [3.05, 3.63) is 80.9 Å². The Morgan fingerprint density at radius 2 is 2.00 bits per heavy atom. The van der Waals surface area contributed by atoms with Gasteiger partial charge in [-0.2, -0.15) is 0 Å². The number of hydrogen-bond donors (Lipinski definition) is 1. The molecule has 2 heterocycles. The van der Waals surface area contributed by atoms with Crippen LogP contribution in [0, 0.1) is 6.92 Å². The molecule has 1 N–H and O–H groups in total. The fourth-order valence-electron chi connectivity index (χ4n) is 2.84. The Morgan fingerprint density at radius 3 is 2.76 bits per heavy atom. The highest BCUT2D eigenvalue weighted by Crippen LogP contribution is 2.24. The van der Waals surface area contributed by atoms with Gasteiger partial charge < -0.3 is 5.32 Å². The highest BCUT2D eigenvalue weighted by atomic mass is 35.5. The Labute approximate surface area is 180 Å². The van der Waals surface area contributed by atoms with Gasteiger partial charge in [0.25, 0.3) is 5.56 Å². The van der Waals surface area contributed by atoms with Crippen LogP contribution in [0.5, 0.6) is 0 Å². The fourth-order valence-corrected chi connectivity index (χ4v) is 4.54. The zero-order chi connectivity index (χ0) is 20.4. The monoisotopic (exact) mass is 441 g/mol. The number of rotatable bonds is 5. The number of fused-ring (bicyclic) bond motifs is 1. The van der Waals surface area contributed by atoms with E-state index in [2.05, 4.69) is 10.3 Å². The molecule has 0 saturated heterocycles. The van der Waals surface area contributed by atoms with Gasteiger partial charge in [-0.05, 0) is 60.3 Å². The standard InChI is InChI=1S/C21H16ClN3O2S2/c1-13-3-2-4-16(11-13)25-20(27)19-17(9-10-28-19)24-21(25)29-12-18(26)23-15-7-5-14(22)6-8-15/h2-11H,12H2,1H3,(H,23,26). The van der Waals surface area contributed by atoms with Crippen LogP contribution >= 0.6 is 34.7 Å². The minimum Gasteiger partial charge on any atom is -0.325 e. The maximum Gasteiger partial charge on any atom is 0.276 e. The molecule has 0 bridgehead atoms.